The maximum absolute atomic E-state index is 11.7. The van der Waals surface area contributed by atoms with Crippen molar-refractivity contribution in [1.29, 1.82) is 0 Å². The van der Waals surface area contributed by atoms with Crippen molar-refractivity contribution >= 4 is 29.1 Å². The summed E-state index contributed by atoms with van der Waals surface area (Å²) in [6, 6.07) is 6.93. The summed E-state index contributed by atoms with van der Waals surface area (Å²) in [6.07, 6.45) is 0. The van der Waals surface area contributed by atoms with E-state index in [0.717, 1.165) is 5.69 Å². The predicted molar refractivity (Wildman–Crippen MR) is 77.3 cm³/mol. The molecule has 0 spiro atoms. The zero-order valence-corrected chi connectivity index (χ0v) is 12.1. The molecule has 0 aliphatic rings. The SMILES string of the molecule is CC(=O)c1ccc(NC(=O)CSC(C)(C)C)cc1. The normalized spacial score (nSPS) is 11.1. The van der Waals surface area contributed by atoms with Crippen molar-refractivity contribution in [2.45, 2.75) is 32.4 Å². The number of hydrogen-bond acceptors (Lipinski definition) is 3. The molecule has 1 rings (SSSR count). The lowest BCUT2D eigenvalue weighted by atomic mass is 10.1. The quantitative estimate of drug-likeness (QED) is 0.849. The van der Waals surface area contributed by atoms with Gasteiger partial charge >= 0.3 is 0 Å². The van der Waals surface area contributed by atoms with Crippen LogP contribution in [-0.2, 0) is 4.79 Å². The molecule has 3 nitrogen and oxygen atoms in total. The van der Waals surface area contributed by atoms with E-state index in [-0.39, 0.29) is 16.4 Å². The van der Waals surface area contributed by atoms with Crippen LogP contribution in [0.2, 0.25) is 0 Å². The molecule has 1 aromatic rings. The van der Waals surface area contributed by atoms with Crippen LogP contribution in [0.4, 0.5) is 5.69 Å². The molecule has 0 radical (unpaired) electrons. The van der Waals surface area contributed by atoms with Crippen LogP contribution in [0.3, 0.4) is 0 Å². The fourth-order valence-electron chi connectivity index (χ4n) is 1.27. The highest BCUT2D eigenvalue weighted by Gasteiger charge is 2.13. The van der Waals surface area contributed by atoms with Crippen LogP contribution in [-0.4, -0.2) is 22.2 Å². The number of carbonyl (C=O) groups is 2. The van der Waals surface area contributed by atoms with E-state index in [9.17, 15) is 9.59 Å². The van der Waals surface area contributed by atoms with Gasteiger partial charge < -0.3 is 5.32 Å². The zero-order chi connectivity index (χ0) is 13.8. The van der Waals surface area contributed by atoms with Crippen molar-refractivity contribution in [3.63, 3.8) is 0 Å². The molecule has 0 atom stereocenters. The molecule has 0 saturated carbocycles. The lowest BCUT2D eigenvalue weighted by Gasteiger charge is -2.17. The van der Waals surface area contributed by atoms with E-state index in [0.29, 0.717) is 11.3 Å². The number of benzene rings is 1. The maximum atomic E-state index is 11.7. The van der Waals surface area contributed by atoms with Gasteiger partial charge in [0.1, 0.15) is 0 Å². The minimum atomic E-state index is -0.0227. The Morgan fingerprint density at radius 1 is 1.17 bits per heavy atom. The van der Waals surface area contributed by atoms with E-state index >= 15 is 0 Å². The number of thioether (sulfide) groups is 1. The second-order valence-electron chi connectivity index (χ2n) is 5.08. The second-order valence-corrected chi connectivity index (χ2v) is 6.88. The lowest BCUT2D eigenvalue weighted by Crippen LogP contribution is -2.18. The number of rotatable bonds is 4. The molecule has 0 aliphatic carbocycles. The summed E-state index contributed by atoms with van der Waals surface area (Å²) in [5.74, 6) is 0.430. The third kappa shape index (κ3) is 5.36. The Hall–Kier alpha value is -1.29. The summed E-state index contributed by atoms with van der Waals surface area (Å²) in [5.41, 5.74) is 1.37. The summed E-state index contributed by atoms with van der Waals surface area (Å²) < 4.78 is 0.0792. The summed E-state index contributed by atoms with van der Waals surface area (Å²) in [4.78, 5) is 22.8. The molecule has 1 aromatic carbocycles. The third-order valence-corrected chi connectivity index (χ3v) is 3.48. The number of nitrogens with one attached hydrogen (secondary N) is 1. The Balaban J connectivity index is 2.52. The summed E-state index contributed by atoms with van der Waals surface area (Å²) >= 11 is 1.60. The van der Waals surface area contributed by atoms with Gasteiger partial charge in [0.15, 0.2) is 5.78 Å². The smallest absolute Gasteiger partial charge is 0.234 e. The van der Waals surface area contributed by atoms with Gasteiger partial charge in [0.25, 0.3) is 0 Å². The minimum Gasteiger partial charge on any atom is -0.325 e. The molecule has 0 saturated heterocycles. The van der Waals surface area contributed by atoms with E-state index in [1.165, 1.54) is 6.92 Å². The van der Waals surface area contributed by atoms with Gasteiger partial charge in [-0.2, -0.15) is 0 Å². The first kappa shape index (κ1) is 14.8. The van der Waals surface area contributed by atoms with Crippen LogP contribution in [0, 0.1) is 0 Å². The van der Waals surface area contributed by atoms with Gasteiger partial charge in [-0.15, -0.1) is 11.8 Å². The minimum absolute atomic E-state index is 0.0227. The summed E-state index contributed by atoms with van der Waals surface area (Å²) in [6.45, 7) is 7.75. The Labute approximate surface area is 112 Å². The molecular weight excluding hydrogens is 246 g/mol. The predicted octanol–water partition coefficient (Wildman–Crippen LogP) is 3.36. The first-order valence-corrected chi connectivity index (χ1v) is 6.81. The van der Waals surface area contributed by atoms with Gasteiger partial charge in [0.2, 0.25) is 5.91 Å². The van der Waals surface area contributed by atoms with E-state index in [1.54, 1.807) is 36.0 Å². The van der Waals surface area contributed by atoms with Gasteiger partial charge in [0, 0.05) is 16.0 Å². The van der Waals surface area contributed by atoms with E-state index in [1.807, 2.05) is 0 Å². The first-order valence-electron chi connectivity index (χ1n) is 5.83. The fourth-order valence-corrected chi connectivity index (χ4v) is 1.90. The number of amides is 1. The van der Waals surface area contributed by atoms with Crippen molar-refractivity contribution in [1.82, 2.24) is 0 Å². The monoisotopic (exact) mass is 265 g/mol. The molecule has 0 aromatic heterocycles. The fraction of sp³-hybridized carbons (Fsp3) is 0.429. The highest BCUT2D eigenvalue weighted by molar-refractivity contribution is 8.01. The average Bonchev–Trinajstić information content (AvgIpc) is 2.26. The van der Waals surface area contributed by atoms with Gasteiger partial charge in [0.05, 0.1) is 5.75 Å². The van der Waals surface area contributed by atoms with Crippen LogP contribution in [0.5, 0.6) is 0 Å². The van der Waals surface area contributed by atoms with Crippen LogP contribution in [0.25, 0.3) is 0 Å². The van der Waals surface area contributed by atoms with Crippen molar-refractivity contribution < 1.29 is 9.59 Å². The van der Waals surface area contributed by atoms with Gasteiger partial charge in [-0.25, -0.2) is 0 Å². The Kier molecular flexibility index (Phi) is 4.96. The van der Waals surface area contributed by atoms with Gasteiger partial charge in [-0.3, -0.25) is 9.59 Å². The standard InChI is InChI=1S/C14H19NO2S/c1-10(16)11-5-7-12(8-6-11)15-13(17)9-18-14(2,3)4/h5-8H,9H2,1-4H3,(H,15,17). The van der Waals surface area contributed by atoms with Crippen LogP contribution in [0.1, 0.15) is 38.1 Å². The molecule has 1 amide bonds. The van der Waals surface area contributed by atoms with Crippen molar-refractivity contribution in [3.05, 3.63) is 29.8 Å². The van der Waals surface area contributed by atoms with E-state index in [4.69, 9.17) is 0 Å². The van der Waals surface area contributed by atoms with E-state index < -0.39 is 0 Å². The highest BCUT2D eigenvalue weighted by Crippen LogP contribution is 2.23. The molecule has 1 N–H and O–H groups in total. The van der Waals surface area contributed by atoms with Gasteiger partial charge in [-0.1, -0.05) is 20.8 Å². The molecule has 98 valence electrons. The van der Waals surface area contributed by atoms with Crippen LogP contribution >= 0.6 is 11.8 Å². The molecule has 0 bridgehead atoms. The maximum Gasteiger partial charge on any atom is 0.234 e. The number of Topliss-reactive ketones (excluding diaryl/α,β-unsaturated/α-hetero) is 1. The Morgan fingerprint density at radius 3 is 2.17 bits per heavy atom. The third-order valence-electron chi connectivity index (χ3n) is 2.21. The Bertz CT molecular complexity index is 432. The summed E-state index contributed by atoms with van der Waals surface area (Å²) in [7, 11) is 0. The molecule has 0 fully saturated rings. The number of anilines is 1. The largest absolute Gasteiger partial charge is 0.325 e. The zero-order valence-electron chi connectivity index (χ0n) is 11.2. The summed E-state index contributed by atoms with van der Waals surface area (Å²) in [5, 5.41) is 2.81. The molecule has 0 heterocycles. The molecule has 18 heavy (non-hydrogen) atoms. The van der Waals surface area contributed by atoms with Crippen LogP contribution in [0.15, 0.2) is 24.3 Å². The highest BCUT2D eigenvalue weighted by atomic mass is 32.2. The molecular formula is C14H19NO2S. The van der Waals surface area contributed by atoms with E-state index in [2.05, 4.69) is 26.1 Å². The van der Waals surface area contributed by atoms with Crippen molar-refractivity contribution in [2.75, 3.05) is 11.1 Å². The lowest BCUT2D eigenvalue weighted by molar-refractivity contribution is -0.113. The topological polar surface area (TPSA) is 46.2 Å². The molecule has 0 aliphatic heterocycles. The number of carbonyl (C=O) groups excluding carboxylic acids is 2. The average molecular weight is 265 g/mol. The van der Waals surface area contributed by atoms with Crippen molar-refractivity contribution in [2.24, 2.45) is 0 Å². The van der Waals surface area contributed by atoms with Gasteiger partial charge in [-0.05, 0) is 31.2 Å². The number of hydrogen-bond donors (Lipinski definition) is 1. The van der Waals surface area contributed by atoms with Crippen LogP contribution < -0.4 is 5.32 Å². The van der Waals surface area contributed by atoms with Crippen molar-refractivity contribution in [3.8, 4) is 0 Å². The first-order chi connectivity index (χ1) is 8.28. The second kappa shape index (κ2) is 6.05. The Morgan fingerprint density at radius 2 is 1.72 bits per heavy atom. The molecule has 0 unspecified atom stereocenters. The molecule has 4 heteroatoms. The number of ketones is 1.